The summed E-state index contributed by atoms with van der Waals surface area (Å²) in [5.74, 6) is 0. The molecule has 0 bridgehead atoms. The number of hydrogen-bond donors (Lipinski definition) is 0. The molecule has 1 aromatic carbocycles. The fourth-order valence-electron chi connectivity index (χ4n) is 2.14. The summed E-state index contributed by atoms with van der Waals surface area (Å²) in [6, 6.07) is 9.86. The van der Waals surface area contributed by atoms with Crippen LogP contribution in [0.5, 0.6) is 0 Å². The zero-order chi connectivity index (χ0) is 15.0. The lowest BCUT2D eigenvalue weighted by molar-refractivity contribution is 0.208. The molecular weight excluding hydrogens is 273 g/mol. The third-order valence-corrected chi connectivity index (χ3v) is 5.59. The number of rotatable bonds is 9. The van der Waals surface area contributed by atoms with Crippen LogP contribution in [0.15, 0.2) is 30.3 Å². The Kier molecular flexibility index (Phi) is 7.46. The van der Waals surface area contributed by atoms with Crippen LogP contribution >= 0.6 is 7.60 Å². The largest absolute Gasteiger partial charge is 0.338 e. The van der Waals surface area contributed by atoms with Crippen LogP contribution in [0.2, 0.25) is 0 Å². The molecule has 0 spiro atoms. The Morgan fingerprint density at radius 2 is 1.65 bits per heavy atom. The molecule has 0 aliphatic heterocycles. The normalized spacial score (nSPS) is 13.7. The molecule has 1 atom stereocenters. The Morgan fingerprint density at radius 1 is 1.10 bits per heavy atom. The lowest BCUT2D eigenvalue weighted by atomic mass is 10.1. The van der Waals surface area contributed by atoms with Crippen LogP contribution in [0.25, 0.3) is 0 Å². The highest BCUT2D eigenvalue weighted by Gasteiger charge is 2.36. The van der Waals surface area contributed by atoms with E-state index in [1.807, 2.05) is 58.3 Å². The van der Waals surface area contributed by atoms with Gasteiger partial charge in [-0.1, -0.05) is 30.3 Å². The molecule has 114 valence electrons. The van der Waals surface area contributed by atoms with E-state index in [9.17, 15) is 4.57 Å². The lowest BCUT2D eigenvalue weighted by Gasteiger charge is -2.27. The second-order valence-corrected chi connectivity index (χ2v) is 7.11. The van der Waals surface area contributed by atoms with Gasteiger partial charge in [-0.25, -0.2) is 0 Å². The number of hydrogen-bond acceptors (Lipinski definition) is 4. The van der Waals surface area contributed by atoms with Gasteiger partial charge in [0.25, 0.3) is 0 Å². The first-order chi connectivity index (χ1) is 9.53. The maximum Gasteiger partial charge on any atom is 0.338 e. The summed E-state index contributed by atoms with van der Waals surface area (Å²) in [5, 5.41) is 0. The van der Waals surface area contributed by atoms with Gasteiger partial charge in [-0.2, -0.15) is 0 Å². The standard InChI is InChI=1S/C15H26NO3P/c1-5-18-20(17,19-6-2)15(12-13-16(3)4)14-10-8-7-9-11-14/h7-11,15H,5-6,12-13H2,1-4H3. The molecule has 1 aromatic rings. The van der Waals surface area contributed by atoms with E-state index in [4.69, 9.17) is 9.05 Å². The molecule has 5 heteroatoms. The van der Waals surface area contributed by atoms with Crippen molar-refractivity contribution < 1.29 is 13.6 Å². The summed E-state index contributed by atoms with van der Waals surface area (Å²) in [5.41, 5.74) is 0.797. The topological polar surface area (TPSA) is 38.8 Å². The molecule has 0 aromatic heterocycles. The predicted molar refractivity (Wildman–Crippen MR) is 83.2 cm³/mol. The molecule has 0 fully saturated rings. The van der Waals surface area contributed by atoms with Crippen LogP contribution in [-0.2, 0) is 13.6 Å². The summed E-state index contributed by atoms with van der Waals surface area (Å²) in [4.78, 5) is 2.08. The van der Waals surface area contributed by atoms with Crippen molar-refractivity contribution in [2.75, 3.05) is 33.9 Å². The van der Waals surface area contributed by atoms with Crippen molar-refractivity contribution >= 4 is 7.60 Å². The first kappa shape index (κ1) is 17.4. The van der Waals surface area contributed by atoms with E-state index >= 15 is 0 Å². The van der Waals surface area contributed by atoms with Crippen molar-refractivity contribution in [1.82, 2.24) is 4.90 Å². The molecule has 0 aliphatic carbocycles. The van der Waals surface area contributed by atoms with Gasteiger partial charge < -0.3 is 13.9 Å². The second-order valence-electron chi connectivity index (χ2n) is 4.89. The van der Waals surface area contributed by atoms with Gasteiger partial charge in [-0.15, -0.1) is 0 Å². The van der Waals surface area contributed by atoms with Crippen LogP contribution in [0.4, 0.5) is 0 Å². The minimum Gasteiger partial charge on any atom is -0.309 e. The molecule has 0 radical (unpaired) electrons. The van der Waals surface area contributed by atoms with Gasteiger partial charge in [-0.3, -0.25) is 4.57 Å². The summed E-state index contributed by atoms with van der Waals surface area (Å²) in [6.45, 7) is 5.31. The second kappa shape index (κ2) is 8.58. The molecule has 4 nitrogen and oxygen atoms in total. The van der Waals surface area contributed by atoms with Crippen molar-refractivity contribution in [1.29, 1.82) is 0 Å². The smallest absolute Gasteiger partial charge is 0.309 e. The van der Waals surface area contributed by atoms with Gasteiger partial charge in [0.05, 0.1) is 18.9 Å². The van der Waals surface area contributed by atoms with E-state index in [0.717, 1.165) is 18.5 Å². The van der Waals surface area contributed by atoms with Gasteiger partial charge >= 0.3 is 7.60 Å². The molecule has 1 unspecified atom stereocenters. The summed E-state index contributed by atoms with van der Waals surface area (Å²) in [6.07, 6.45) is 0.744. The fraction of sp³-hybridized carbons (Fsp3) is 0.600. The average molecular weight is 299 g/mol. The molecule has 0 heterocycles. The zero-order valence-electron chi connectivity index (χ0n) is 12.9. The summed E-state index contributed by atoms with van der Waals surface area (Å²) in [7, 11) is 0.882. The Labute approximate surface area is 122 Å². The molecule has 0 saturated heterocycles. The molecule has 0 amide bonds. The first-order valence-electron chi connectivity index (χ1n) is 7.12. The van der Waals surface area contributed by atoms with Crippen LogP contribution < -0.4 is 0 Å². The van der Waals surface area contributed by atoms with Gasteiger partial charge in [-0.05, 0) is 46.5 Å². The molecule has 20 heavy (non-hydrogen) atoms. The zero-order valence-corrected chi connectivity index (χ0v) is 13.8. The molecule has 0 N–H and O–H groups in total. The maximum absolute atomic E-state index is 13.1. The van der Waals surface area contributed by atoms with Gasteiger partial charge in [0.1, 0.15) is 0 Å². The van der Waals surface area contributed by atoms with E-state index in [0.29, 0.717) is 13.2 Å². The highest BCUT2D eigenvalue weighted by atomic mass is 31.2. The van der Waals surface area contributed by atoms with Gasteiger partial charge in [0.2, 0.25) is 0 Å². The van der Waals surface area contributed by atoms with Crippen molar-refractivity contribution in [3.05, 3.63) is 35.9 Å². The van der Waals surface area contributed by atoms with Crippen molar-refractivity contribution in [3.63, 3.8) is 0 Å². The van der Waals surface area contributed by atoms with Crippen molar-refractivity contribution in [2.24, 2.45) is 0 Å². The van der Waals surface area contributed by atoms with E-state index < -0.39 is 7.60 Å². The minimum atomic E-state index is -3.13. The molecule has 0 saturated carbocycles. The Balaban J connectivity index is 3.04. The Bertz CT molecular complexity index is 412. The number of benzene rings is 1. The van der Waals surface area contributed by atoms with Crippen LogP contribution in [-0.4, -0.2) is 38.8 Å². The van der Waals surface area contributed by atoms with Gasteiger partial charge in [0, 0.05) is 0 Å². The third kappa shape index (κ3) is 5.02. The third-order valence-electron chi connectivity index (χ3n) is 3.03. The quantitative estimate of drug-likeness (QED) is 0.647. The van der Waals surface area contributed by atoms with E-state index in [2.05, 4.69) is 4.90 Å². The molecular formula is C15H26NO3P. The van der Waals surface area contributed by atoms with Crippen LogP contribution in [0.1, 0.15) is 31.5 Å². The Morgan fingerprint density at radius 3 is 2.10 bits per heavy atom. The van der Waals surface area contributed by atoms with E-state index in [-0.39, 0.29) is 5.66 Å². The summed E-state index contributed by atoms with van der Waals surface area (Å²) >= 11 is 0. The molecule has 0 aliphatic rings. The highest BCUT2D eigenvalue weighted by Crippen LogP contribution is 2.62. The predicted octanol–water partition coefficient (Wildman–Crippen LogP) is 3.95. The van der Waals surface area contributed by atoms with E-state index in [1.54, 1.807) is 0 Å². The lowest BCUT2D eigenvalue weighted by Crippen LogP contribution is -2.17. The van der Waals surface area contributed by atoms with E-state index in [1.165, 1.54) is 0 Å². The highest BCUT2D eigenvalue weighted by molar-refractivity contribution is 7.54. The fourth-order valence-corrected chi connectivity index (χ4v) is 4.26. The van der Waals surface area contributed by atoms with Crippen LogP contribution in [0.3, 0.4) is 0 Å². The van der Waals surface area contributed by atoms with Crippen molar-refractivity contribution in [3.8, 4) is 0 Å². The SMILES string of the molecule is CCOP(=O)(OCC)C(CCN(C)C)c1ccccc1. The Hall–Kier alpha value is -0.670. The van der Waals surface area contributed by atoms with Crippen LogP contribution in [0, 0.1) is 0 Å². The van der Waals surface area contributed by atoms with Crippen molar-refractivity contribution in [2.45, 2.75) is 25.9 Å². The molecule has 1 rings (SSSR count). The number of nitrogens with zero attached hydrogens (tertiary/aromatic N) is 1. The monoisotopic (exact) mass is 299 g/mol. The first-order valence-corrected chi connectivity index (χ1v) is 8.73. The summed E-state index contributed by atoms with van der Waals surface area (Å²) < 4.78 is 24.1. The van der Waals surface area contributed by atoms with Gasteiger partial charge in [0.15, 0.2) is 0 Å². The maximum atomic E-state index is 13.1. The minimum absolute atomic E-state index is 0.217. The average Bonchev–Trinajstić information content (AvgIpc) is 2.40.